The highest BCUT2D eigenvalue weighted by Crippen LogP contribution is 2.08. The fraction of sp³-hybridized carbons (Fsp3) is 0.657. The summed E-state index contributed by atoms with van der Waals surface area (Å²) in [4.78, 5) is 127. The summed E-state index contributed by atoms with van der Waals surface area (Å²) in [6.45, 7) is -0.667. The van der Waals surface area contributed by atoms with Crippen LogP contribution in [0.4, 0.5) is 0 Å². The maximum absolute atomic E-state index is 13.8. The molecule has 0 fully saturated rings. The van der Waals surface area contributed by atoms with Crippen LogP contribution in [0.3, 0.4) is 0 Å². The minimum Gasteiger partial charge on any atom is -0.481 e. The number of hydrogen-bond donors (Lipinski definition) is 18. The zero-order chi connectivity index (χ0) is 49.6. The fourth-order valence-electron chi connectivity index (χ4n) is 5.57. The number of aliphatic hydroxyl groups is 1. The van der Waals surface area contributed by atoms with E-state index in [9.17, 15) is 58.5 Å². The summed E-state index contributed by atoms with van der Waals surface area (Å²) in [5.41, 5.74) is 48.7. The van der Waals surface area contributed by atoms with Crippen LogP contribution in [-0.2, 0) is 43.2 Å². The highest BCUT2D eigenvalue weighted by atomic mass is 16.4. The van der Waals surface area contributed by atoms with Crippen LogP contribution in [-0.4, -0.2) is 162 Å². The van der Waals surface area contributed by atoms with E-state index >= 15 is 0 Å². The van der Waals surface area contributed by atoms with Gasteiger partial charge in [-0.25, -0.2) is 4.79 Å². The van der Waals surface area contributed by atoms with Crippen molar-refractivity contribution >= 4 is 71.2 Å². The lowest BCUT2D eigenvalue weighted by atomic mass is 10.0. The van der Waals surface area contributed by atoms with E-state index in [0.717, 1.165) is 0 Å². The lowest BCUT2D eigenvalue weighted by Crippen LogP contribution is -2.60. The van der Waals surface area contributed by atoms with Crippen LogP contribution in [0.1, 0.15) is 70.6 Å². The Hall–Kier alpha value is -7.08. The van der Waals surface area contributed by atoms with Crippen molar-refractivity contribution in [3.05, 3.63) is 0 Å². The highest BCUT2D eigenvalue weighted by molar-refractivity contribution is 5.99. The molecule has 0 aliphatic rings. The van der Waals surface area contributed by atoms with Crippen molar-refractivity contribution in [1.82, 2.24) is 31.9 Å². The second-order valence-electron chi connectivity index (χ2n) is 14.4. The number of aliphatic hydroxyl groups excluding tert-OH is 1. The first kappa shape index (κ1) is 57.9. The number of nitrogens with one attached hydrogen (secondary N) is 6. The van der Waals surface area contributed by atoms with Crippen molar-refractivity contribution in [1.29, 1.82) is 0 Å². The Morgan fingerprint density at radius 1 is 0.446 bits per heavy atom. The number of carbonyl (C=O) groups is 9. The molecule has 0 aromatic carbocycles. The first-order valence-corrected chi connectivity index (χ1v) is 20.3. The van der Waals surface area contributed by atoms with Crippen molar-refractivity contribution in [3.8, 4) is 0 Å². The van der Waals surface area contributed by atoms with Gasteiger partial charge in [-0.05, 0) is 64.3 Å². The summed E-state index contributed by atoms with van der Waals surface area (Å²) in [5.74, 6) is -11.5. The number of hydrogen-bond acceptors (Lipinski definition) is 15. The molecule has 0 saturated carbocycles. The minimum atomic E-state index is -1.99. The molecule has 7 amide bonds. The van der Waals surface area contributed by atoms with Crippen molar-refractivity contribution in [2.75, 3.05) is 32.8 Å². The molecule has 0 aliphatic heterocycles. The standard InChI is InChI=1S/C35H66N18O12/c36-10-2-1-7-18(28(60)50-20(32(64)65)9-5-13-47-35(43)44)48-27(59)19(8-4-12-46-34(41)42)49-29(61)21(14-24(38)55)51-30(62)22(15-25(56)57)52-31(63)23(16-54)53-26(58)17(37)6-3-11-45-33(39)40/h17-23,54H,1-16,36-37H2,(H2,38,55)(H,48,59)(H,49,61)(H,50,60)(H,51,62)(H,52,63)(H,53,58)(H,56,57)(H,64,65)(H4,39,40,45)(H4,41,42,46)(H4,43,44,47)/t17-,18-,19-,20-,21-,22-,23-/m0/s1. The maximum Gasteiger partial charge on any atom is 0.326 e. The number of aliphatic carboxylic acids is 2. The molecule has 65 heavy (non-hydrogen) atoms. The number of amides is 7. The van der Waals surface area contributed by atoms with E-state index in [1.807, 2.05) is 0 Å². The third-order valence-electron chi connectivity index (χ3n) is 8.89. The molecule has 30 heteroatoms. The van der Waals surface area contributed by atoms with Crippen molar-refractivity contribution in [2.45, 2.75) is 113 Å². The number of rotatable bonds is 34. The first-order valence-electron chi connectivity index (χ1n) is 20.3. The van der Waals surface area contributed by atoms with Crippen LogP contribution >= 0.6 is 0 Å². The van der Waals surface area contributed by atoms with Crippen LogP contribution in [0.15, 0.2) is 15.0 Å². The highest BCUT2D eigenvalue weighted by Gasteiger charge is 2.35. The first-order chi connectivity index (χ1) is 30.5. The lowest BCUT2D eigenvalue weighted by Gasteiger charge is -2.27. The zero-order valence-electron chi connectivity index (χ0n) is 35.9. The van der Waals surface area contributed by atoms with Gasteiger partial charge < -0.3 is 98.8 Å². The van der Waals surface area contributed by atoms with Gasteiger partial charge in [0.05, 0.1) is 25.5 Å². The quantitative estimate of drug-likeness (QED) is 0.0162. The molecule has 7 atom stereocenters. The van der Waals surface area contributed by atoms with Gasteiger partial charge >= 0.3 is 11.9 Å². The third kappa shape index (κ3) is 26.2. The SMILES string of the molecule is NCCCC[C@H](NC(=O)[C@H](CCCN=C(N)N)NC(=O)[C@H](CC(N)=O)NC(=O)[C@H](CC(=O)O)NC(=O)[C@H](CO)NC(=O)[C@@H](N)CCCN=C(N)N)C(=O)N[C@@H](CCCN=C(N)N)C(=O)O. The Bertz CT molecular complexity index is 1700. The molecule has 368 valence electrons. The van der Waals surface area contributed by atoms with Crippen molar-refractivity contribution in [2.24, 2.45) is 66.6 Å². The number of unbranched alkanes of at least 4 members (excludes halogenated alkanes) is 1. The molecule has 0 heterocycles. The Morgan fingerprint density at radius 3 is 1.20 bits per heavy atom. The fourth-order valence-corrected chi connectivity index (χ4v) is 5.57. The Balaban J connectivity index is 6.42. The number of primary amides is 1. The summed E-state index contributed by atoms with van der Waals surface area (Å²) < 4.78 is 0. The van der Waals surface area contributed by atoms with E-state index in [4.69, 9.17) is 51.6 Å². The third-order valence-corrected chi connectivity index (χ3v) is 8.89. The van der Waals surface area contributed by atoms with Gasteiger partial charge in [-0.3, -0.25) is 53.3 Å². The number of carboxylic acids is 2. The summed E-state index contributed by atoms with van der Waals surface area (Å²) in [6, 6.07) is -11.2. The molecule has 27 N–H and O–H groups in total. The van der Waals surface area contributed by atoms with E-state index < -0.39 is 115 Å². The van der Waals surface area contributed by atoms with E-state index in [-0.39, 0.29) is 89.0 Å². The van der Waals surface area contributed by atoms with Crippen molar-refractivity contribution < 1.29 is 58.5 Å². The Kier molecular flexibility index (Phi) is 28.3. The molecule has 0 unspecified atom stereocenters. The molecule has 0 saturated heterocycles. The number of nitrogens with zero attached hydrogens (tertiary/aromatic N) is 3. The largest absolute Gasteiger partial charge is 0.481 e. The van der Waals surface area contributed by atoms with Crippen LogP contribution < -0.4 is 83.5 Å². The van der Waals surface area contributed by atoms with Gasteiger partial charge in [0.1, 0.15) is 36.3 Å². The molecular formula is C35H66N18O12. The topological polar surface area (TPSA) is 558 Å². The Labute approximate surface area is 373 Å². The van der Waals surface area contributed by atoms with Gasteiger partial charge in [0.2, 0.25) is 41.4 Å². The number of aliphatic imine (C=N–C) groups is 3. The van der Waals surface area contributed by atoms with Crippen LogP contribution in [0, 0.1) is 0 Å². The normalized spacial score (nSPS) is 13.9. The minimum absolute atomic E-state index is 0.0299. The van der Waals surface area contributed by atoms with Crippen LogP contribution in [0.2, 0.25) is 0 Å². The summed E-state index contributed by atoms with van der Waals surface area (Å²) in [5, 5.41) is 42.7. The van der Waals surface area contributed by atoms with Gasteiger partial charge in [0, 0.05) is 19.6 Å². The second-order valence-corrected chi connectivity index (χ2v) is 14.4. The van der Waals surface area contributed by atoms with Crippen molar-refractivity contribution in [3.63, 3.8) is 0 Å². The zero-order valence-corrected chi connectivity index (χ0v) is 35.9. The number of carbonyl (C=O) groups excluding carboxylic acids is 7. The summed E-state index contributed by atoms with van der Waals surface area (Å²) in [6.07, 6.45) is -1.18. The average Bonchev–Trinajstić information content (AvgIpc) is 3.21. The van der Waals surface area contributed by atoms with E-state index in [1.165, 1.54) is 0 Å². The number of carboxylic acid groups (broad SMARTS) is 2. The summed E-state index contributed by atoms with van der Waals surface area (Å²) >= 11 is 0. The molecule has 0 aromatic heterocycles. The monoisotopic (exact) mass is 931 g/mol. The molecule has 0 spiro atoms. The molecule has 0 aliphatic carbocycles. The smallest absolute Gasteiger partial charge is 0.326 e. The predicted molar refractivity (Wildman–Crippen MR) is 233 cm³/mol. The average molecular weight is 931 g/mol. The van der Waals surface area contributed by atoms with Gasteiger partial charge in [-0.15, -0.1) is 0 Å². The number of nitrogens with two attached hydrogens (primary N) is 9. The molecule has 0 radical (unpaired) electrons. The molecule has 0 aromatic rings. The van der Waals surface area contributed by atoms with E-state index in [1.54, 1.807) is 0 Å². The van der Waals surface area contributed by atoms with E-state index in [0.29, 0.717) is 12.8 Å². The van der Waals surface area contributed by atoms with Gasteiger partial charge in [-0.2, -0.15) is 0 Å². The van der Waals surface area contributed by atoms with E-state index in [2.05, 4.69) is 46.9 Å². The molecule has 0 bridgehead atoms. The van der Waals surface area contributed by atoms with Crippen LogP contribution in [0.25, 0.3) is 0 Å². The summed E-state index contributed by atoms with van der Waals surface area (Å²) in [7, 11) is 0. The Morgan fingerprint density at radius 2 is 0.800 bits per heavy atom. The molecular weight excluding hydrogens is 864 g/mol. The number of guanidine groups is 3. The van der Waals surface area contributed by atoms with Gasteiger partial charge in [0.15, 0.2) is 17.9 Å². The second kappa shape index (κ2) is 31.7. The van der Waals surface area contributed by atoms with Crippen LogP contribution in [0.5, 0.6) is 0 Å². The van der Waals surface area contributed by atoms with Gasteiger partial charge in [-0.1, -0.05) is 0 Å². The lowest BCUT2D eigenvalue weighted by molar-refractivity contribution is -0.143. The molecule has 30 nitrogen and oxygen atoms in total. The molecule has 0 rings (SSSR count). The maximum atomic E-state index is 13.8. The predicted octanol–water partition coefficient (Wildman–Crippen LogP) is -9.06. The van der Waals surface area contributed by atoms with Gasteiger partial charge in [0.25, 0.3) is 0 Å².